The number of benzene rings is 3. The maximum absolute atomic E-state index is 12.9. The molecule has 7 nitrogen and oxygen atoms in total. The molecule has 0 spiro atoms. The maximum Gasteiger partial charge on any atom is 0.255 e. The third-order valence-electron chi connectivity index (χ3n) is 4.89. The zero-order valence-electron chi connectivity index (χ0n) is 17.0. The third kappa shape index (κ3) is 5.11. The molecule has 0 atom stereocenters. The van der Waals surface area contributed by atoms with Crippen LogP contribution < -0.4 is 10.1 Å². The van der Waals surface area contributed by atoms with Crippen molar-refractivity contribution in [3.05, 3.63) is 83.4 Å². The summed E-state index contributed by atoms with van der Waals surface area (Å²) in [6, 6.07) is 20.2. The molecular weight excluding hydrogens is 452 g/mol. The van der Waals surface area contributed by atoms with Crippen LogP contribution in [0.4, 0.5) is 5.69 Å². The van der Waals surface area contributed by atoms with Crippen LogP contribution in [0.2, 0.25) is 5.02 Å². The molecule has 1 aliphatic rings. The summed E-state index contributed by atoms with van der Waals surface area (Å²) in [6.07, 6.45) is 0. The summed E-state index contributed by atoms with van der Waals surface area (Å²) in [4.78, 5) is 12.8. The fourth-order valence-corrected chi connectivity index (χ4v) is 4.79. The molecule has 0 aromatic heterocycles. The van der Waals surface area contributed by atoms with Crippen LogP contribution in [-0.4, -0.2) is 44.9 Å². The molecule has 4 rings (SSSR count). The Bertz CT molecular complexity index is 1190. The van der Waals surface area contributed by atoms with Crippen molar-refractivity contribution in [3.63, 3.8) is 0 Å². The molecule has 32 heavy (non-hydrogen) atoms. The highest BCUT2D eigenvalue weighted by Gasteiger charge is 2.27. The van der Waals surface area contributed by atoms with Gasteiger partial charge in [-0.05, 0) is 54.6 Å². The monoisotopic (exact) mass is 472 g/mol. The summed E-state index contributed by atoms with van der Waals surface area (Å²) in [6.45, 7) is 1.26. The van der Waals surface area contributed by atoms with Crippen molar-refractivity contribution in [1.29, 1.82) is 0 Å². The Balaban J connectivity index is 1.48. The van der Waals surface area contributed by atoms with Crippen LogP contribution in [0.5, 0.6) is 11.5 Å². The van der Waals surface area contributed by atoms with Crippen molar-refractivity contribution < 1.29 is 22.7 Å². The number of rotatable bonds is 6. The molecule has 1 amide bonds. The minimum absolute atomic E-state index is 0.0608. The third-order valence-corrected chi connectivity index (χ3v) is 7.11. The number of carbonyl (C=O) groups is 1. The van der Waals surface area contributed by atoms with Gasteiger partial charge in [0.25, 0.3) is 5.91 Å². The zero-order chi connectivity index (χ0) is 22.6. The molecular formula is C23H21ClN2O5S. The lowest BCUT2D eigenvalue weighted by molar-refractivity contribution is 0.0730. The van der Waals surface area contributed by atoms with E-state index >= 15 is 0 Å². The van der Waals surface area contributed by atoms with Crippen LogP contribution in [0.1, 0.15) is 10.4 Å². The first-order chi connectivity index (χ1) is 15.4. The van der Waals surface area contributed by atoms with E-state index in [0.717, 1.165) is 0 Å². The van der Waals surface area contributed by atoms with Crippen molar-refractivity contribution >= 4 is 33.2 Å². The number of nitrogens with zero attached hydrogens (tertiary/aromatic N) is 1. The van der Waals surface area contributed by atoms with Gasteiger partial charge in [-0.2, -0.15) is 4.31 Å². The van der Waals surface area contributed by atoms with Crippen LogP contribution in [0.15, 0.2) is 77.7 Å². The van der Waals surface area contributed by atoms with E-state index in [0.29, 0.717) is 30.3 Å². The van der Waals surface area contributed by atoms with Crippen LogP contribution in [-0.2, 0) is 14.8 Å². The van der Waals surface area contributed by atoms with E-state index in [9.17, 15) is 13.2 Å². The van der Waals surface area contributed by atoms with E-state index in [1.807, 2.05) is 30.3 Å². The van der Waals surface area contributed by atoms with Gasteiger partial charge in [-0.1, -0.05) is 29.8 Å². The Kier molecular flexibility index (Phi) is 6.76. The number of halogens is 1. The summed E-state index contributed by atoms with van der Waals surface area (Å²) in [5.74, 6) is 0.859. The summed E-state index contributed by atoms with van der Waals surface area (Å²) >= 11 is 6.22. The molecule has 1 N–H and O–H groups in total. The molecule has 1 aliphatic heterocycles. The maximum atomic E-state index is 12.9. The number of ether oxygens (including phenoxy) is 2. The lowest BCUT2D eigenvalue weighted by Crippen LogP contribution is -2.40. The second kappa shape index (κ2) is 9.70. The van der Waals surface area contributed by atoms with Gasteiger partial charge in [0.1, 0.15) is 11.5 Å². The molecule has 1 fully saturated rings. The Labute approximate surface area is 191 Å². The van der Waals surface area contributed by atoms with Crippen molar-refractivity contribution in [2.75, 3.05) is 31.6 Å². The molecule has 0 unspecified atom stereocenters. The second-order valence-corrected chi connectivity index (χ2v) is 9.40. The van der Waals surface area contributed by atoms with Gasteiger partial charge < -0.3 is 14.8 Å². The van der Waals surface area contributed by atoms with Gasteiger partial charge in [0, 0.05) is 18.7 Å². The van der Waals surface area contributed by atoms with Gasteiger partial charge in [0.15, 0.2) is 0 Å². The van der Waals surface area contributed by atoms with Crippen LogP contribution in [0.25, 0.3) is 0 Å². The molecule has 0 aliphatic carbocycles. The SMILES string of the molecule is O=C(Nc1cc(S(=O)(=O)N2CCOCC2)ccc1Cl)c1ccc(Oc2ccccc2)cc1. The van der Waals surface area contributed by atoms with E-state index < -0.39 is 15.9 Å². The Morgan fingerprint density at radius 2 is 1.59 bits per heavy atom. The van der Waals surface area contributed by atoms with Crippen molar-refractivity contribution in [2.24, 2.45) is 0 Å². The molecule has 9 heteroatoms. The lowest BCUT2D eigenvalue weighted by atomic mass is 10.2. The Hall–Kier alpha value is -2.91. The minimum Gasteiger partial charge on any atom is -0.457 e. The normalized spacial score (nSPS) is 14.7. The van der Waals surface area contributed by atoms with Crippen molar-refractivity contribution in [2.45, 2.75) is 4.90 Å². The quantitative estimate of drug-likeness (QED) is 0.574. The van der Waals surface area contributed by atoms with E-state index in [1.54, 1.807) is 24.3 Å². The number of carbonyl (C=O) groups excluding carboxylic acids is 1. The smallest absolute Gasteiger partial charge is 0.255 e. The van der Waals surface area contributed by atoms with Gasteiger partial charge in [-0.15, -0.1) is 0 Å². The van der Waals surface area contributed by atoms with E-state index in [2.05, 4.69) is 5.32 Å². The van der Waals surface area contributed by atoms with Gasteiger partial charge >= 0.3 is 0 Å². The predicted molar refractivity (Wildman–Crippen MR) is 122 cm³/mol. The highest BCUT2D eigenvalue weighted by Crippen LogP contribution is 2.28. The largest absolute Gasteiger partial charge is 0.457 e. The highest BCUT2D eigenvalue weighted by molar-refractivity contribution is 7.89. The summed E-state index contributed by atoms with van der Waals surface area (Å²) in [7, 11) is -3.71. The summed E-state index contributed by atoms with van der Waals surface area (Å²) in [5.41, 5.74) is 0.596. The van der Waals surface area contributed by atoms with Gasteiger partial charge in [0.05, 0.1) is 28.8 Å². The van der Waals surface area contributed by atoms with E-state index in [4.69, 9.17) is 21.1 Å². The summed E-state index contributed by atoms with van der Waals surface area (Å²) in [5, 5.41) is 2.93. The molecule has 0 bridgehead atoms. The highest BCUT2D eigenvalue weighted by atomic mass is 35.5. The number of sulfonamides is 1. The fourth-order valence-electron chi connectivity index (χ4n) is 3.19. The molecule has 166 valence electrons. The molecule has 3 aromatic rings. The molecule has 0 radical (unpaired) electrons. The number of morpholine rings is 1. The van der Waals surface area contributed by atoms with Crippen LogP contribution in [0.3, 0.4) is 0 Å². The number of amides is 1. The molecule has 3 aromatic carbocycles. The van der Waals surface area contributed by atoms with Gasteiger partial charge in [0.2, 0.25) is 10.0 Å². The average molecular weight is 473 g/mol. The number of para-hydroxylation sites is 1. The van der Waals surface area contributed by atoms with E-state index in [-0.39, 0.29) is 28.7 Å². The van der Waals surface area contributed by atoms with Gasteiger partial charge in [-0.25, -0.2) is 8.42 Å². The van der Waals surface area contributed by atoms with E-state index in [1.165, 1.54) is 22.5 Å². The molecule has 1 saturated heterocycles. The number of hydrogen-bond donors (Lipinski definition) is 1. The lowest BCUT2D eigenvalue weighted by Gasteiger charge is -2.26. The first-order valence-corrected chi connectivity index (χ1v) is 11.8. The minimum atomic E-state index is -3.71. The number of anilines is 1. The Morgan fingerprint density at radius 3 is 2.28 bits per heavy atom. The summed E-state index contributed by atoms with van der Waals surface area (Å²) < 4.78 is 38.1. The first-order valence-electron chi connectivity index (χ1n) is 9.95. The second-order valence-electron chi connectivity index (χ2n) is 7.05. The number of nitrogens with one attached hydrogen (secondary N) is 1. The Morgan fingerprint density at radius 1 is 0.938 bits per heavy atom. The van der Waals surface area contributed by atoms with Gasteiger partial charge in [-0.3, -0.25) is 4.79 Å². The zero-order valence-corrected chi connectivity index (χ0v) is 18.6. The topological polar surface area (TPSA) is 84.9 Å². The molecule has 0 saturated carbocycles. The average Bonchev–Trinajstić information content (AvgIpc) is 2.82. The molecule has 1 heterocycles. The standard InChI is InChI=1S/C23H21ClN2O5S/c24-21-11-10-20(32(28,29)26-12-14-30-15-13-26)16-22(21)25-23(27)17-6-8-19(9-7-17)31-18-4-2-1-3-5-18/h1-11,16H,12-15H2,(H,25,27). The van der Waals surface area contributed by atoms with Crippen molar-refractivity contribution in [1.82, 2.24) is 4.31 Å². The number of hydrogen-bond acceptors (Lipinski definition) is 5. The first kappa shape index (κ1) is 22.3. The van der Waals surface area contributed by atoms with Crippen molar-refractivity contribution in [3.8, 4) is 11.5 Å². The predicted octanol–water partition coefficient (Wildman–Crippen LogP) is 4.41. The van der Waals surface area contributed by atoms with Crippen LogP contribution in [0, 0.1) is 0 Å². The van der Waals surface area contributed by atoms with Crippen LogP contribution >= 0.6 is 11.6 Å². The fraction of sp³-hybridized carbons (Fsp3) is 0.174.